The SMILES string of the molecule is CC1C(N(C)Cc2ccc(N=Cc3cc(C(C)(C)C)cc(C(C)(C)C)c3O)c(N=Cc3cc(C(C)(C)C)cc(C(C)(C)C)c3O)c2)C1N(C1CCCCC1)C1CCCCC1.[Cl-].[Co]. The third kappa shape index (κ3) is 12.2. The Labute approximate surface area is 393 Å². The Balaban J connectivity index is 0.00000422. The van der Waals surface area contributed by atoms with Crippen molar-refractivity contribution in [2.24, 2.45) is 15.9 Å². The molecule has 0 amide bonds. The standard InChI is InChI=1S/C54H80N4O2.ClH.Co/c1-35-47(48(35)58(41-21-17-15-18-22-41)42-23-19-16-20-24-42)57(14)34-36-25-26-45(55-32-37-28-39(51(2,3)4)30-43(49(37)59)53(8,9)10)46(27-36)56-33-38-29-40(52(5,6)7)31-44(50(38)60)54(11,12)13;;/h25-33,35,41-42,47-48,59-60H,15-24,34H2,1-14H3;1H;/p-1. The van der Waals surface area contributed by atoms with Gasteiger partial charge in [0.1, 0.15) is 11.5 Å². The molecule has 6 rings (SSSR count). The fraction of sp³-hybridized carbons (Fsp3) is 0.630. The summed E-state index contributed by atoms with van der Waals surface area (Å²) in [4.78, 5) is 15.9. The summed E-state index contributed by atoms with van der Waals surface area (Å²) in [5, 5.41) is 23.3. The molecular formula is C54H80ClCoN4O2-. The zero-order valence-electron chi connectivity index (χ0n) is 40.8. The van der Waals surface area contributed by atoms with Gasteiger partial charge in [-0.15, -0.1) is 0 Å². The number of likely N-dealkylation sites (N-methyl/N-ethyl adjacent to an activating group) is 1. The van der Waals surface area contributed by atoms with Crippen LogP contribution in [0.1, 0.15) is 193 Å². The van der Waals surface area contributed by atoms with E-state index in [2.05, 4.69) is 149 Å². The van der Waals surface area contributed by atoms with Crippen molar-refractivity contribution in [2.75, 3.05) is 7.05 Å². The Morgan fingerprint density at radius 1 is 0.581 bits per heavy atom. The molecule has 3 atom stereocenters. The van der Waals surface area contributed by atoms with Crippen LogP contribution >= 0.6 is 0 Å². The Bertz CT molecular complexity index is 2020. The maximum absolute atomic E-state index is 11.7. The van der Waals surface area contributed by atoms with Crippen LogP contribution < -0.4 is 12.4 Å². The number of benzene rings is 3. The Morgan fingerprint density at radius 2 is 1.00 bits per heavy atom. The Hall–Kier alpha value is -2.68. The number of hydrogen-bond donors (Lipinski definition) is 2. The van der Waals surface area contributed by atoms with Crippen molar-refractivity contribution in [3.63, 3.8) is 0 Å². The number of hydrogen-bond acceptors (Lipinski definition) is 6. The molecular weight excluding hydrogens is 831 g/mol. The molecule has 0 bridgehead atoms. The van der Waals surface area contributed by atoms with Crippen LogP contribution in [0.2, 0.25) is 0 Å². The molecule has 0 aromatic heterocycles. The molecule has 3 unspecified atom stereocenters. The molecule has 62 heavy (non-hydrogen) atoms. The normalized spacial score (nSPS) is 20.9. The first-order valence-electron chi connectivity index (χ1n) is 23.4. The first kappa shape index (κ1) is 51.9. The molecule has 3 fully saturated rings. The number of phenolic OH excluding ortho intramolecular Hbond substituents is 2. The topological polar surface area (TPSA) is 71.7 Å². The summed E-state index contributed by atoms with van der Waals surface area (Å²) < 4.78 is 0. The second-order valence-corrected chi connectivity index (χ2v) is 23.0. The third-order valence-electron chi connectivity index (χ3n) is 13.9. The largest absolute Gasteiger partial charge is 1.00 e. The number of nitrogens with zero attached hydrogens (tertiary/aromatic N) is 4. The average molecular weight is 912 g/mol. The van der Waals surface area contributed by atoms with Gasteiger partial charge in [0.15, 0.2) is 0 Å². The van der Waals surface area contributed by atoms with E-state index in [1.165, 1.54) is 69.8 Å². The minimum Gasteiger partial charge on any atom is -1.00 e. The van der Waals surface area contributed by atoms with Gasteiger partial charge in [0, 0.05) is 82.2 Å². The number of phenols is 2. The molecule has 1 radical (unpaired) electrons. The summed E-state index contributed by atoms with van der Waals surface area (Å²) in [5.74, 6) is 1.18. The van der Waals surface area contributed by atoms with Crippen molar-refractivity contribution >= 4 is 23.8 Å². The van der Waals surface area contributed by atoms with Gasteiger partial charge in [-0.1, -0.05) is 147 Å². The number of aromatic hydroxyl groups is 2. The first-order valence-corrected chi connectivity index (χ1v) is 23.4. The van der Waals surface area contributed by atoms with Gasteiger partial charge < -0.3 is 22.6 Å². The van der Waals surface area contributed by atoms with E-state index in [0.717, 1.165) is 52.3 Å². The molecule has 8 heteroatoms. The molecule has 3 aliphatic carbocycles. The smallest absolute Gasteiger partial charge is 0.128 e. The minimum absolute atomic E-state index is 0. The summed E-state index contributed by atoms with van der Waals surface area (Å²) in [7, 11) is 2.32. The van der Waals surface area contributed by atoms with E-state index >= 15 is 0 Å². The van der Waals surface area contributed by atoms with E-state index in [1.807, 2.05) is 6.21 Å². The molecule has 3 aromatic rings. The molecule has 6 nitrogen and oxygen atoms in total. The van der Waals surface area contributed by atoms with E-state index in [9.17, 15) is 10.2 Å². The van der Waals surface area contributed by atoms with E-state index < -0.39 is 0 Å². The zero-order chi connectivity index (χ0) is 43.9. The van der Waals surface area contributed by atoms with Crippen LogP contribution in [0.25, 0.3) is 0 Å². The van der Waals surface area contributed by atoms with E-state index in [-0.39, 0.29) is 62.3 Å². The average Bonchev–Trinajstić information content (AvgIpc) is 3.82. The molecule has 0 aliphatic heterocycles. The summed E-state index contributed by atoms with van der Waals surface area (Å²) in [5.41, 5.74) is 7.51. The Morgan fingerprint density at radius 3 is 1.40 bits per heavy atom. The van der Waals surface area contributed by atoms with Gasteiger partial charge in [-0.05, 0) is 101 Å². The van der Waals surface area contributed by atoms with Gasteiger partial charge in [-0.3, -0.25) is 19.8 Å². The van der Waals surface area contributed by atoms with Gasteiger partial charge in [0.25, 0.3) is 0 Å². The van der Waals surface area contributed by atoms with Gasteiger partial charge in [0.05, 0.1) is 11.4 Å². The molecule has 345 valence electrons. The van der Waals surface area contributed by atoms with Crippen LogP contribution in [0.5, 0.6) is 11.5 Å². The number of aliphatic imine (C=N–C) groups is 2. The van der Waals surface area contributed by atoms with Gasteiger partial charge >= 0.3 is 0 Å². The molecule has 0 saturated heterocycles. The van der Waals surface area contributed by atoms with Crippen molar-refractivity contribution in [2.45, 2.75) is 207 Å². The minimum atomic E-state index is -0.245. The quantitative estimate of drug-likeness (QED) is 0.199. The molecule has 3 saturated carbocycles. The number of halogens is 1. The van der Waals surface area contributed by atoms with Crippen LogP contribution in [-0.4, -0.2) is 63.7 Å². The van der Waals surface area contributed by atoms with Crippen LogP contribution in [0.15, 0.2) is 52.4 Å². The molecule has 3 aliphatic rings. The maximum Gasteiger partial charge on any atom is 0.128 e. The summed E-state index contributed by atoms with van der Waals surface area (Å²) in [6.45, 7) is 29.4. The fourth-order valence-electron chi connectivity index (χ4n) is 10.1. The summed E-state index contributed by atoms with van der Waals surface area (Å²) in [6.07, 6.45) is 17.4. The van der Waals surface area contributed by atoms with Crippen LogP contribution in [0, 0.1) is 5.92 Å². The monoisotopic (exact) mass is 911 g/mol. The van der Waals surface area contributed by atoms with Crippen molar-refractivity contribution in [3.05, 3.63) is 81.4 Å². The molecule has 2 N–H and O–H groups in total. The second kappa shape index (κ2) is 20.2. The van der Waals surface area contributed by atoms with Crippen LogP contribution in [0.3, 0.4) is 0 Å². The van der Waals surface area contributed by atoms with Crippen molar-refractivity contribution < 1.29 is 39.4 Å². The van der Waals surface area contributed by atoms with Gasteiger partial charge in [-0.2, -0.15) is 0 Å². The first-order chi connectivity index (χ1) is 27.9. The van der Waals surface area contributed by atoms with Crippen molar-refractivity contribution in [3.8, 4) is 11.5 Å². The third-order valence-corrected chi connectivity index (χ3v) is 13.9. The van der Waals surface area contributed by atoms with Gasteiger partial charge in [0.2, 0.25) is 0 Å². The maximum atomic E-state index is 11.7. The van der Waals surface area contributed by atoms with Crippen LogP contribution in [-0.2, 0) is 45.0 Å². The van der Waals surface area contributed by atoms with Crippen molar-refractivity contribution in [1.29, 1.82) is 0 Å². The summed E-state index contributed by atoms with van der Waals surface area (Å²) >= 11 is 0. The fourth-order valence-corrected chi connectivity index (χ4v) is 10.1. The van der Waals surface area contributed by atoms with E-state index in [1.54, 1.807) is 6.21 Å². The molecule has 0 heterocycles. The van der Waals surface area contributed by atoms with Crippen molar-refractivity contribution in [1.82, 2.24) is 9.80 Å². The summed E-state index contributed by atoms with van der Waals surface area (Å²) in [6, 6.07) is 17.5. The van der Waals surface area contributed by atoms with E-state index in [0.29, 0.717) is 29.1 Å². The second-order valence-electron chi connectivity index (χ2n) is 23.0. The predicted molar refractivity (Wildman–Crippen MR) is 256 cm³/mol. The molecule has 3 aromatic carbocycles. The molecule has 0 spiro atoms. The zero-order valence-corrected chi connectivity index (χ0v) is 42.6. The van der Waals surface area contributed by atoms with Crippen LogP contribution in [0.4, 0.5) is 11.4 Å². The Kier molecular flexibility index (Phi) is 16.9. The van der Waals surface area contributed by atoms with Gasteiger partial charge in [-0.25, -0.2) is 0 Å². The number of rotatable bonds is 10. The predicted octanol–water partition coefficient (Wildman–Crippen LogP) is 10.6. The van der Waals surface area contributed by atoms with E-state index in [4.69, 9.17) is 9.98 Å².